The van der Waals surface area contributed by atoms with Gasteiger partial charge in [0, 0.05) is 5.92 Å². The number of hydrogen-bond donors (Lipinski definition) is 1. The quantitative estimate of drug-likeness (QED) is 0.609. The molecule has 0 aromatic heterocycles. The highest BCUT2D eigenvalue weighted by Gasteiger charge is 2.38. The van der Waals surface area contributed by atoms with E-state index >= 15 is 0 Å². The fourth-order valence-electron chi connectivity index (χ4n) is 2.98. The Hall–Kier alpha value is -1.77. The van der Waals surface area contributed by atoms with Crippen molar-refractivity contribution in [3.05, 3.63) is 41.7 Å². The number of benzene rings is 1. The number of rotatable bonds is 1. The number of ether oxygens (including phenoxy) is 1. The Morgan fingerprint density at radius 1 is 1.22 bits per heavy atom. The van der Waals surface area contributed by atoms with E-state index in [0.717, 1.165) is 19.1 Å². The van der Waals surface area contributed by atoms with Gasteiger partial charge < -0.3 is 9.84 Å². The predicted molar refractivity (Wildman–Crippen MR) is 67.9 cm³/mol. The van der Waals surface area contributed by atoms with Crippen LogP contribution in [0.1, 0.15) is 36.0 Å². The number of aliphatic hydroxyl groups is 1. The third-order valence-electron chi connectivity index (χ3n) is 3.92. The van der Waals surface area contributed by atoms with Gasteiger partial charge in [0.15, 0.2) is 5.78 Å². The summed E-state index contributed by atoms with van der Waals surface area (Å²) in [5, 5.41) is 9.35. The molecule has 0 bridgehead atoms. The van der Waals surface area contributed by atoms with Crippen LogP contribution in [0.15, 0.2) is 36.1 Å². The largest absolute Gasteiger partial charge is 0.515 e. The van der Waals surface area contributed by atoms with E-state index in [9.17, 15) is 9.90 Å². The minimum Gasteiger partial charge on any atom is -0.515 e. The highest BCUT2D eigenvalue weighted by molar-refractivity contribution is 6.12. The minimum absolute atomic E-state index is 0.101. The Kier molecular flexibility index (Phi) is 2.82. The first-order valence-corrected chi connectivity index (χ1v) is 6.46. The zero-order valence-corrected chi connectivity index (χ0v) is 10.1. The van der Waals surface area contributed by atoms with E-state index in [1.807, 2.05) is 18.2 Å². The van der Waals surface area contributed by atoms with Gasteiger partial charge in [0.25, 0.3) is 0 Å². The van der Waals surface area contributed by atoms with Gasteiger partial charge in [-0.2, -0.15) is 0 Å². The monoisotopic (exact) mass is 244 g/mol. The summed E-state index contributed by atoms with van der Waals surface area (Å²) in [6.07, 6.45) is 5.15. The Balaban J connectivity index is 2.00. The van der Waals surface area contributed by atoms with Gasteiger partial charge >= 0.3 is 0 Å². The van der Waals surface area contributed by atoms with Crippen molar-refractivity contribution in [1.29, 1.82) is 0 Å². The lowest BCUT2D eigenvalue weighted by Gasteiger charge is -2.31. The Morgan fingerprint density at radius 2 is 1.94 bits per heavy atom. The van der Waals surface area contributed by atoms with Crippen molar-refractivity contribution in [1.82, 2.24) is 0 Å². The first kappa shape index (κ1) is 11.3. The number of carbonyl (C=O) groups excluding carboxylic acids is 1. The summed E-state index contributed by atoms with van der Waals surface area (Å²) >= 11 is 0. The van der Waals surface area contributed by atoms with Gasteiger partial charge in [0.05, 0.1) is 17.4 Å². The molecule has 0 spiro atoms. The molecule has 3 heteroatoms. The number of hydrogen-bond acceptors (Lipinski definition) is 3. The molecular weight excluding hydrogens is 228 g/mol. The summed E-state index contributed by atoms with van der Waals surface area (Å²) < 4.78 is 5.94. The summed E-state index contributed by atoms with van der Waals surface area (Å²) in [5.41, 5.74) is 0.952. The summed E-state index contributed by atoms with van der Waals surface area (Å²) in [4.78, 5) is 12.3. The van der Waals surface area contributed by atoms with Gasteiger partial charge in [0.1, 0.15) is 11.9 Å². The average molecular weight is 244 g/mol. The maximum Gasteiger partial charge on any atom is 0.199 e. The van der Waals surface area contributed by atoms with Crippen LogP contribution in [0.25, 0.3) is 0 Å². The van der Waals surface area contributed by atoms with Crippen molar-refractivity contribution in [2.24, 2.45) is 5.92 Å². The van der Waals surface area contributed by atoms with Gasteiger partial charge in [-0.25, -0.2) is 0 Å². The van der Waals surface area contributed by atoms with Crippen molar-refractivity contribution in [2.45, 2.75) is 31.8 Å². The van der Waals surface area contributed by atoms with Gasteiger partial charge in [0.2, 0.25) is 0 Å². The van der Waals surface area contributed by atoms with Crippen molar-refractivity contribution >= 4 is 5.78 Å². The number of Topliss-reactive ketones (excluding diaryl/α,β-unsaturated/α-hetero) is 1. The number of para-hydroxylation sites is 1. The first-order valence-electron chi connectivity index (χ1n) is 6.46. The molecule has 3 nitrogen and oxygen atoms in total. The van der Waals surface area contributed by atoms with Crippen molar-refractivity contribution < 1.29 is 14.6 Å². The fourth-order valence-corrected chi connectivity index (χ4v) is 2.98. The van der Waals surface area contributed by atoms with Gasteiger partial charge in [-0.1, -0.05) is 25.0 Å². The second-order valence-corrected chi connectivity index (χ2v) is 4.99. The lowest BCUT2D eigenvalue weighted by molar-refractivity contribution is 0.0899. The van der Waals surface area contributed by atoms with Gasteiger partial charge in [-0.15, -0.1) is 0 Å². The van der Waals surface area contributed by atoms with Crippen molar-refractivity contribution in [2.75, 3.05) is 0 Å². The standard InChI is InChI=1S/C15H16O3/c16-9-12-14(17)11-7-3-4-8-13(11)18-15(12)10-5-1-2-6-10/h3-4,7-10,15-16H,1-2,5-6H2/b12-9+. The molecule has 94 valence electrons. The Labute approximate surface area is 106 Å². The second-order valence-electron chi connectivity index (χ2n) is 4.99. The number of ketones is 1. The Morgan fingerprint density at radius 3 is 2.67 bits per heavy atom. The average Bonchev–Trinajstić information content (AvgIpc) is 2.92. The number of fused-ring (bicyclic) bond motifs is 1. The van der Waals surface area contributed by atoms with E-state index in [1.54, 1.807) is 6.07 Å². The SMILES string of the molecule is O=C1/C(=C\O)C(C2CCCC2)Oc2ccccc21. The molecule has 1 aromatic carbocycles. The molecule has 18 heavy (non-hydrogen) atoms. The third kappa shape index (κ3) is 1.70. The van der Waals surface area contributed by atoms with E-state index in [0.29, 0.717) is 22.8 Å². The van der Waals surface area contributed by atoms with Crippen LogP contribution in [0.5, 0.6) is 5.75 Å². The van der Waals surface area contributed by atoms with Crippen LogP contribution in [0.3, 0.4) is 0 Å². The summed E-state index contributed by atoms with van der Waals surface area (Å²) in [6, 6.07) is 7.24. The third-order valence-corrected chi connectivity index (χ3v) is 3.92. The minimum atomic E-state index is -0.278. The Bertz CT molecular complexity index is 498. The summed E-state index contributed by atoms with van der Waals surface area (Å²) in [7, 11) is 0. The number of carbonyl (C=O) groups is 1. The molecule has 0 radical (unpaired) electrons. The molecule has 1 fully saturated rings. The zero-order chi connectivity index (χ0) is 12.5. The summed E-state index contributed by atoms with van der Waals surface area (Å²) in [5.74, 6) is 0.891. The highest BCUT2D eigenvalue weighted by Crippen LogP contribution is 2.38. The molecule has 1 atom stereocenters. The van der Waals surface area contributed by atoms with Gasteiger partial charge in [-0.3, -0.25) is 4.79 Å². The van der Waals surface area contributed by atoms with Crippen LogP contribution in [-0.2, 0) is 0 Å². The molecule has 3 rings (SSSR count). The fraction of sp³-hybridized carbons (Fsp3) is 0.400. The smallest absolute Gasteiger partial charge is 0.199 e. The number of aliphatic hydroxyl groups excluding tert-OH is 1. The maximum absolute atomic E-state index is 12.3. The molecule has 0 amide bonds. The lowest BCUT2D eigenvalue weighted by Crippen LogP contribution is -2.35. The van der Waals surface area contributed by atoms with Crippen LogP contribution in [-0.4, -0.2) is 17.0 Å². The maximum atomic E-state index is 12.3. The first-order chi connectivity index (χ1) is 8.81. The molecule has 1 heterocycles. The zero-order valence-electron chi connectivity index (χ0n) is 10.1. The molecule has 1 unspecified atom stereocenters. The lowest BCUT2D eigenvalue weighted by atomic mass is 9.87. The molecule has 2 aliphatic rings. The topological polar surface area (TPSA) is 46.5 Å². The van der Waals surface area contributed by atoms with E-state index < -0.39 is 0 Å². The van der Waals surface area contributed by atoms with Gasteiger partial charge in [-0.05, 0) is 25.0 Å². The van der Waals surface area contributed by atoms with Crippen LogP contribution >= 0.6 is 0 Å². The van der Waals surface area contributed by atoms with Crippen LogP contribution in [0.2, 0.25) is 0 Å². The second kappa shape index (κ2) is 4.48. The van der Waals surface area contributed by atoms with E-state index in [4.69, 9.17) is 4.74 Å². The van der Waals surface area contributed by atoms with Crippen LogP contribution in [0.4, 0.5) is 0 Å². The van der Waals surface area contributed by atoms with E-state index in [2.05, 4.69) is 0 Å². The molecule has 1 aliphatic carbocycles. The molecule has 1 aliphatic heterocycles. The molecule has 1 saturated carbocycles. The van der Waals surface area contributed by atoms with Crippen molar-refractivity contribution in [3.8, 4) is 5.75 Å². The molecule has 1 aromatic rings. The molecule has 1 N–H and O–H groups in total. The van der Waals surface area contributed by atoms with E-state index in [1.165, 1.54) is 12.8 Å². The van der Waals surface area contributed by atoms with Crippen molar-refractivity contribution in [3.63, 3.8) is 0 Å². The van der Waals surface area contributed by atoms with E-state index in [-0.39, 0.29) is 11.9 Å². The van der Waals surface area contributed by atoms with Crippen LogP contribution < -0.4 is 4.74 Å². The molecule has 0 saturated heterocycles. The predicted octanol–water partition coefficient (Wildman–Crippen LogP) is 3.26. The summed E-state index contributed by atoms with van der Waals surface area (Å²) in [6.45, 7) is 0. The van der Waals surface area contributed by atoms with Crippen LogP contribution in [0, 0.1) is 5.92 Å². The molecular formula is C15H16O3. The highest BCUT2D eigenvalue weighted by atomic mass is 16.5. The normalized spacial score (nSPS) is 26.1.